The maximum Gasteiger partial charge on any atom is 0.0837 e. The van der Waals surface area contributed by atoms with Gasteiger partial charge in [0, 0.05) is 18.8 Å². The van der Waals surface area contributed by atoms with Gasteiger partial charge >= 0.3 is 0 Å². The van der Waals surface area contributed by atoms with Crippen molar-refractivity contribution in [1.82, 2.24) is 24.9 Å². The Morgan fingerprint density at radius 1 is 1.14 bits per heavy atom. The van der Waals surface area contributed by atoms with Crippen LogP contribution in [0.5, 0.6) is 0 Å². The van der Waals surface area contributed by atoms with Crippen molar-refractivity contribution in [3.63, 3.8) is 0 Å². The highest BCUT2D eigenvalue weighted by Crippen LogP contribution is 2.27. The molecule has 1 N–H and O–H groups in total. The molecule has 1 aromatic carbocycles. The summed E-state index contributed by atoms with van der Waals surface area (Å²) in [6.07, 6.45) is 5.50. The van der Waals surface area contributed by atoms with Crippen molar-refractivity contribution in [3.05, 3.63) is 65.2 Å². The van der Waals surface area contributed by atoms with E-state index in [4.69, 9.17) is 11.6 Å². The van der Waals surface area contributed by atoms with E-state index in [2.05, 4.69) is 15.5 Å². The Hall–Kier alpha value is -2.11. The molecule has 108 valence electrons. The smallest absolute Gasteiger partial charge is 0.0837 e. The summed E-state index contributed by atoms with van der Waals surface area (Å²) in [5.74, 6) is 0. The predicted molar refractivity (Wildman–Crippen MR) is 82.7 cm³/mol. The lowest BCUT2D eigenvalue weighted by Gasteiger charge is -2.15. The molecule has 0 amide bonds. The molecule has 1 atom stereocenters. The number of aromatic nitrogens is 4. The molecule has 3 rings (SSSR count). The molecular formula is C15H16ClN5. The average Bonchev–Trinajstić information content (AvgIpc) is 3.11. The van der Waals surface area contributed by atoms with E-state index in [-0.39, 0.29) is 6.04 Å². The molecule has 0 bridgehead atoms. The molecule has 5 nitrogen and oxygen atoms in total. The highest BCUT2D eigenvalue weighted by atomic mass is 35.5. The number of benzene rings is 1. The first-order chi connectivity index (χ1) is 10.2. The van der Waals surface area contributed by atoms with Gasteiger partial charge in [-0.05, 0) is 19.2 Å². The van der Waals surface area contributed by atoms with Crippen LogP contribution in [0.25, 0.3) is 5.69 Å². The third kappa shape index (κ3) is 2.57. The molecule has 0 spiro atoms. The van der Waals surface area contributed by atoms with Crippen LogP contribution in [-0.4, -0.2) is 26.6 Å². The fourth-order valence-corrected chi connectivity index (χ4v) is 2.69. The second-order valence-corrected chi connectivity index (χ2v) is 5.18. The second kappa shape index (κ2) is 5.71. The number of nitrogens with zero attached hydrogens (tertiary/aromatic N) is 4. The first kappa shape index (κ1) is 13.9. The Morgan fingerprint density at radius 2 is 1.90 bits per heavy atom. The standard InChI is InChI=1S/C15H16ClN5/c1-17-14(15-13(16)9-18-20(15)2)11-8-19-21(10-11)12-6-4-3-5-7-12/h3-10,14,17H,1-2H3. The zero-order chi connectivity index (χ0) is 14.8. The minimum Gasteiger partial charge on any atom is -0.308 e. The zero-order valence-corrected chi connectivity index (χ0v) is 12.6. The van der Waals surface area contributed by atoms with Crippen LogP contribution in [-0.2, 0) is 7.05 Å². The zero-order valence-electron chi connectivity index (χ0n) is 11.9. The monoisotopic (exact) mass is 301 g/mol. The molecule has 6 heteroatoms. The molecule has 21 heavy (non-hydrogen) atoms. The van der Waals surface area contributed by atoms with Gasteiger partial charge in [0.2, 0.25) is 0 Å². The summed E-state index contributed by atoms with van der Waals surface area (Å²) < 4.78 is 3.63. The van der Waals surface area contributed by atoms with E-state index < -0.39 is 0 Å². The van der Waals surface area contributed by atoms with E-state index in [1.165, 1.54) is 0 Å². The topological polar surface area (TPSA) is 47.7 Å². The highest BCUT2D eigenvalue weighted by molar-refractivity contribution is 6.31. The maximum atomic E-state index is 6.24. The minimum atomic E-state index is -0.0533. The Morgan fingerprint density at radius 3 is 2.52 bits per heavy atom. The molecule has 0 radical (unpaired) electrons. The van der Waals surface area contributed by atoms with Gasteiger partial charge in [-0.3, -0.25) is 4.68 Å². The van der Waals surface area contributed by atoms with Gasteiger partial charge in [-0.25, -0.2) is 4.68 Å². The Balaban J connectivity index is 1.98. The molecule has 0 aliphatic carbocycles. The number of hydrogen-bond donors (Lipinski definition) is 1. The number of hydrogen-bond acceptors (Lipinski definition) is 3. The number of nitrogens with one attached hydrogen (secondary N) is 1. The van der Waals surface area contributed by atoms with Gasteiger partial charge in [-0.2, -0.15) is 10.2 Å². The lowest BCUT2D eigenvalue weighted by molar-refractivity contribution is 0.606. The summed E-state index contributed by atoms with van der Waals surface area (Å²) in [7, 11) is 3.78. The molecule has 0 fully saturated rings. The minimum absolute atomic E-state index is 0.0533. The van der Waals surface area contributed by atoms with Crippen LogP contribution in [0.15, 0.2) is 48.9 Å². The number of para-hydroxylation sites is 1. The summed E-state index contributed by atoms with van der Waals surface area (Å²) in [6.45, 7) is 0. The van der Waals surface area contributed by atoms with Crippen molar-refractivity contribution in [2.75, 3.05) is 7.05 Å². The van der Waals surface area contributed by atoms with Crippen molar-refractivity contribution < 1.29 is 0 Å². The van der Waals surface area contributed by atoms with Crippen molar-refractivity contribution in [1.29, 1.82) is 0 Å². The molecule has 0 saturated heterocycles. The van der Waals surface area contributed by atoms with E-state index in [1.54, 1.807) is 10.9 Å². The molecule has 0 aliphatic rings. The summed E-state index contributed by atoms with van der Waals surface area (Å²) in [4.78, 5) is 0. The Bertz CT molecular complexity index is 712. The van der Waals surface area contributed by atoms with Crippen LogP contribution in [0.3, 0.4) is 0 Å². The Labute approximate surface area is 128 Å². The molecule has 2 aromatic heterocycles. The maximum absolute atomic E-state index is 6.24. The van der Waals surface area contributed by atoms with Crippen LogP contribution < -0.4 is 5.32 Å². The largest absolute Gasteiger partial charge is 0.308 e. The summed E-state index contributed by atoms with van der Waals surface area (Å²) in [6, 6.07) is 9.95. The SMILES string of the molecule is CNC(c1cnn(-c2ccccc2)c1)c1c(Cl)cnn1C. The van der Waals surface area contributed by atoms with Crippen molar-refractivity contribution in [3.8, 4) is 5.69 Å². The van der Waals surface area contributed by atoms with E-state index in [0.717, 1.165) is 16.9 Å². The molecule has 2 heterocycles. The molecule has 0 aliphatic heterocycles. The fraction of sp³-hybridized carbons (Fsp3) is 0.200. The van der Waals surface area contributed by atoms with Gasteiger partial charge in [-0.15, -0.1) is 0 Å². The van der Waals surface area contributed by atoms with Crippen LogP contribution in [0.2, 0.25) is 5.02 Å². The van der Waals surface area contributed by atoms with E-state index in [0.29, 0.717) is 5.02 Å². The average molecular weight is 302 g/mol. The lowest BCUT2D eigenvalue weighted by atomic mass is 10.1. The number of rotatable bonds is 4. The second-order valence-electron chi connectivity index (χ2n) is 4.78. The molecular weight excluding hydrogens is 286 g/mol. The first-order valence-corrected chi connectivity index (χ1v) is 7.03. The predicted octanol–water partition coefficient (Wildman–Crippen LogP) is 2.57. The quantitative estimate of drug-likeness (QED) is 0.806. The fourth-order valence-electron chi connectivity index (χ4n) is 2.41. The molecule has 0 saturated carbocycles. The van der Waals surface area contributed by atoms with Crippen LogP contribution in [0.4, 0.5) is 0 Å². The van der Waals surface area contributed by atoms with Gasteiger partial charge < -0.3 is 5.32 Å². The van der Waals surface area contributed by atoms with Crippen molar-refractivity contribution in [2.45, 2.75) is 6.04 Å². The third-order valence-electron chi connectivity index (χ3n) is 3.46. The third-order valence-corrected chi connectivity index (χ3v) is 3.75. The van der Waals surface area contributed by atoms with Crippen molar-refractivity contribution >= 4 is 11.6 Å². The highest BCUT2D eigenvalue weighted by Gasteiger charge is 2.21. The number of halogens is 1. The van der Waals surface area contributed by atoms with Gasteiger partial charge in [0.25, 0.3) is 0 Å². The Kier molecular flexibility index (Phi) is 3.77. The van der Waals surface area contributed by atoms with E-state index in [9.17, 15) is 0 Å². The van der Waals surface area contributed by atoms with Gasteiger partial charge in [0.15, 0.2) is 0 Å². The van der Waals surface area contributed by atoms with Gasteiger partial charge in [0.1, 0.15) is 0 Å². The first-order valence-electron chi connectivity index (χ1n) is 6.65. The van der Waals surface area contributed by atoms with Crippen molar-refractivity contribution in [2.24, 2.45) is 7.05 Å². The van der Waals surface area contributed by atoms with Crippen LogP contribution in [0, 0.1) is 0 Å². The number of aryl methyl sites for hydroxylation is 1. The normalized spacial score (nSPS) is 12.5. The van der Waals surface area contributed by atoms with Crippen LogP contribution >= 0.6 is 11.6 Å². The van der Waals surface area contributed by atoms with E-state index in [1.807, 2.05) is 61.5 Å². The van der Waals surface area contributed by atoms with Gasteiger partial charge in [0.05, 0.1) is 34.8 Å². The van der Waals surface area contributed by atoms with E-state index >= 15 is 0 Å². The summed E-state index contributed by atoms with van der Waals surface area (Å²) >= 11 is 6.24. The molecule has 1 unspecified atom stereocenters. The lowest BCUT2D eigenvalue weighted by Crippen LogP contribution is -2.20. The van der Waals surface area contributed by atoms with Gasteiger partial charge in [-0.1, -0.05) is 29.8 Å². The van der Waals surface area contributed by atoms with Crippen LogP contribution in [0.1, 0.15) is 17.3 Å². The molecule has 3 aromatic rings. The summed E-state index contributed by atoms with van der Waals surface area (Å²) in [5.41, 5.74) is 2.98. The summed E-state index contributed by atoms with van der Waals surface area (Å²) in [5, 5.41) is 12.5.